The smallest absolute Gasteiger partial charge is 0.262 e. The number of likely N-dealkylation sites (N-methyl/N-ethyl adjacent to an activating group) is 1. The molecule has 2 aromatic rings. The summed E-state index contributed by atoms with van der Waals surface area (Å²) in [5.74, 6) is -0.979. The lowest BCUT2D eigenvalue weighted by Gasteiger charge is -2.29. The molecule has 3 N–H and O–H groups in total. The Morgan fingerprint density at radius 1 is 0.957 bits per heavy atom. The molecule has 0 aliphatic carbocycles. The predicted octanol–water partition coefficient (Wildman–Crippen LogP) is 1.17. The summed E-state index contributed by atoms with van der Waals surface area (Å²) >= 11 is 0. The zero-order valence-corrected chi connectivity index (χ0v) is 13.1. The first-order chi connectivity index (χ1) is 11.0. The quantitative estimate of drug-likeness (QED) is 0.775. The third kappa shape index (κ3) is 3.40. The summed E-state index contributed by atoms with van der Waals surface area (Å²) in [5, 5.41) is 16.2. The number of rotatable bonds is 5. The van der Waals surface area contributed by atoms with Gasteiger partial charge in [-0.1, -0.05) is 60.7 Å². The number of aliphatic hydroxyl groups is 1. The Bertz CT molecular complexity index is 632. The van der Waals surface area contributed by atoms with Crippen molar-refractivity contribution in [1.29, 1.82) is 0 Å². The van der Waals surface area contributed by atoms with Crippen molar-refractivity contribution in [2.45, 2.75) is 18.6 Å². The largest absolute Gasteiger partial charge is 0.372 e. The topological polar surface area (TPSA) is 78.4 Å². The molecule has 5 nitrogen and oxygen atoms in total. The van der Waals surface area contributed by atoms with E-state index < -0.39 is 17.6 Å². The summed E-state index contributed by atoms with van der Waals surface area (Å²) in [6.45, 7) is 1.56. The molecule has 5 heteroatoms. The van der Waals surface area contributed by atoms with Gasteiger partial charge in [0.15, 0.2) is 5.60 Å². The molecule has 23 heavy (non-hydrogen) atoms. The van der Waals surface area contributed by atoms with E-state index in [0.29, 0.717) is 11.1 Å². The predicted molar refractivity (Wildman–Crippen MR) is 87.6 cm³/mol. The fourth-order valence-corrected chi connectivity index (χ4v) is 2.37. The third-order valence-corrected chi connectivity index (χ3v) is 3.70. The minimum absolute atomic E-state index is 0.332. The first kappa shape index (κ1) is 16.7. The van der Waals surface area contributed by atoms with E-state index >= 15 is 0 Å². The highest BCUT2D eigenvalue weighted by Gasteiger charge is 2.40. The van der Waals surface area contributed by atoms with Crippen LogP contribution in [0.25, 0.3) is 0 Å². The molecule has 2 aromatic carbocycles. The van der Waals surface area contributed by atoms with Gasteiger partial charge in [0.1, 0.15) is 6.04 Å². The lowest BCUT2D eigenvalue weighted by molar-refractivity contribution is -0.139. The van der Waals surface area contributed by atoms with Crippen molar-refractivity contribution in [3.63, 3.8) is 0 Å². The average molecular weight is 312 g/mol. The van der Waals surface area contributed by atoms with Gasteiger partial charge in [-0.25, -0.2) is 0 Å². The Balaban J connectivity index is 2.43. The van der Waals surface area contributed by atoms with E-state index in [4.69, 9.17) is 0 Å². The Labute approximate surface area is 135 Å². The molecule has 0 spiro atoms. The average Bonchev–Trinajstić information content (AvgIpc) is 2.61. The van der Waals surface area contributed by atoms with E-state index in [1.807, 2.05) is 0 Å². The van der Waals surface area contributed by atoms with Crippen molar-refractivity contribution in [2.24, 2.45) is 0 Å². The molecular weight excluding hydrogens is 292 g/mol. The minimum Gasteiger partial charge on any atom is -0.372 e. The fourth-order valence-electron chi connectivity index (χ4n) is 2.37. The Morgan fingerprint density at radius 2 is 1.39 bits per heavy atom. The fraction of sp³-hybridized carbons (Fsp3) is 0.222. The molecule has 2 amide bonds. The van der Waals surface area contributed by atoms with Gasteiger partial charge in [0.25, 0.3) is 5.91 Å². The monoisotopic (exact) mass is 312 g/mol. The highest BCUT2D eigenvalue weighted by atomic mass is 16.3. The van der Waals surface area contributed by atoms with Crippen LogP contribution in [0.4, 0.5) is 0 Å². The number of carbonyl (C=O) groups is 2. The summed E-state index contributed by atoms with van der Waals surface area (Å²) in [7, 11) is 1.49. The molecule has 0 aliphatic rings. The molecule has 0 unspecified atom stereocenters. The summed E-state index contributed by atoms with van der Waals surface area (Å²) in [6, 6.07) is 16.6. The van der Waals surface area contributed by atoms with Gasteiger partial charge in [-0.3, -0.25) is 9.59 Å². The number of benzene rings is 2. The van der Waals surface area contributed by atoms with E-state index in [1.165, 1.54) is 7.05 Å². The van der Waals surface area contributed by atoms with E-state index in [-0.39, 0.29) is 5.91 Å². The maximum absolute atomic E-state index is 12.8. The number of carbonyl (C=O) groups excluding carboxylic acids is 2. The zero-order valence-electron chi connectivity index (χ0n) is 13.1. The van der Waals surface area contributed by atoms with Crippen LogP contribution in [0.5, 0.6) is 0 Å². The van der Waals surface area contributed by atoms with Gasteiger partial charge in [-0.15, -0.1) is 0 Å². The molecule has 0 aromatic heterocycles. The highest BCUT2D eigenvalue weighted by Crippen LogP contribution is 2.29. The molecule has 0 aliphatic heterocycles. The Kier molecular flexibility index (Phi) is 5.13. The zero-order chi connectivity index (χ0) is 16.9. The summed E-state index contributed by atoms with van der Waals surface area (Å²) in [5.41, 5.74) is -0.995. The molecule has 0 saturated heterocycles. The van der Waals surface area contributed by atoms with E-state index in [0.717, 1.165) is 0 Å². The minimum atomic E-state index is -1.87. The van der Waals surface area contributed by atoms with E-state index in [2.05, 4.69) is 10.6 Å². The van der Waals surface area contributed by atoms with Crippen molar-refractivity contribution in [1.82, 2.24) is 10.6 Å². The second-order valence-corrected chi connectivity index (χ2v) is 5.25. The highest BCUT2D eigenvalue weighted by molar-refractivity contribution is 5.94. The molecule has 0 saturated carbocycles. The van der Waals surface area contributed by atoms with Gasteiger partial charge in [0.2, 0.25) is 5.91 Å². The molecule has 1 atom stereocenters. The Hall–Kier alpha value is -2.66. The van der Waals surface area contributed by atoms with Gasteiger partial charge in [-0.05, 0) is 18.1 Å². The summed E-state index contributed by atoms with van der Waals surface area (Å²) in [4.78, 5) is 24.4. The second-order valence-electron chi connectivity index (χ2n) is 5.25. The van der Waals surface area contributed by atoms with E-state index in [1.54, 1.807) is 67.6 Å². The van der Waals surface area contributed by atoms with Gasteiger partial charge >= 0.3 is 0 Å². The molecular formula is C18H20N2O3. The van der Waals surface area contributed by atoms with Gasteiger partial charge < -0.3 is 15.7 Å². The molecule has 2 rings (SSSR count). The van der Waals surface area contributed by atoms with Gasteiger partial charge in [0, 0.05) is 7.05 Å². The number of amides is 2. The first-order valence-corrected chi connectivity index (χ1v) is 7.36. The standard InChI is InChI=1S/C18H20N2O3/c1-13(16(21)19-2)20-17(22)18(23,14-9-5-3-6-10-14)15-11-7-4-8-12-15/h3-13,23H,1-2H3,(H,19,21)(H,20,22)/t13-/m1/s1. The van der Waals surface area contributed by atoms with Crippen LogP contribution < -0.4 is 10.6 Å². The Morgan fingerprint density at radius 3 is 1.78 bits per heavy atom. The van der Waals surface area contributed by atoms with Crippen molar-refractivity contribution < 1.29 is 14.7 Å². The lowest BCUT2D eigenvalue weighted by atomic mass is 9.85. The first-order valence-electron chi connectivity index (χ1n) is 7.36. The number of hydrogen-bond acceptors (Lipinski definition) is 3. The van der Waals surface area contributed by atoms with E-state index in [9.17, 15) is 14.7 Å². The van der Waals surface area contributed by atoms with Crippen LogP contribution in [0, 0.1) is 0 Å². The molecule has 0 radical (unpaired) electrons. The number of nitrogens with one attached hydrogen (secondary N) is 2. The SMILES string of the molecule is CNC(=O)[C@@H](C)NC(=O)C(O)(c1ccccc1)c1ccccc1. The van der Waals surface area contributed by atoms with Crippen LogP contribution in [0.2, 0.25) is 0 Å². The molecule has 0 heterocycles. The van der Waals surface area contributed by atoms with Gasteiger partial charge in [-0.2, -0.15) is 0 Å². The van der Waals surface area contributed by atoms with Crippen LogP contribution in [0.15, 0.2) is 60.7 Å². The van der Waals surface area contributed by atoms with Crippen LogP contribution in [-0.4, -0.2) is 30.0 Å². The van der Waals surface area contributed by atoms with Crippen LogP contribution in [0.1, 0.15) is 18.1 Å². The molecule has 120 valence electrons. The molecule has 0 bridgehead atoms. The normalized spacial score (nSPS) is 12.3. The van der Waals surface area contributed by atoms with Crippen molar-refractivity contribution >= 4 is 11.8 Å². The maximum Gasteiger partial charge on any atom is 0.262 e. The van der Waals surface area contributed by atoms with Crippen molar-refractivity contribution in [2.75, 3.05) is 7.05 Å². The summed E-state index contributed by atoms with van der Waals surface area (Å²) in [6.07, 6.45) is 0. The van der Waals surface area contributed by atoms with Crippen LogP contribution in [-0.2, 0) is 15.2 Å². The lowest BCUT2D eigenvalue weighted by Crippen LogP contribution is -2.52. The number of hydrogen-bond donors (Lipinski definition) is 3. The maximum atomic E-state index is 12.8. The summed E-state index contributed by atoms with van der Waals surface area (Å²) < 4.78 is 0. The molecule has 0 fully saturated rings. The van der Waals surface area contributed by atoms with Crippen LogP contribution >= 0.6 is 0 Å². The van der Waals surface area contributed by atoms with Crippen molar-refractivity contribution in [3.05, 3.63) is 71.8 Å². The van der Waals surface area contributed by atoms with Crippen LogP contribution in [0.3, 0.4) is 0 Å². The van der Waals surface area contributed by atoms with Crippen molar-refractivity contribution in [3.8, 4) is 0 Å². The third-order valence-electron chi connectivity index (χ3n) is 3.70. The van der Waals surface area contributed by atoms with Gasteiger partial charge in [0.05, 0.1) is 0 Å². The second kappa shape index (κ2) is 7.07.